The number of terminal acetylenes is 1. The van der Waals surface area contributed by atoms with Crippen LogP contribution in [0.15, 0.2) is 21.5 Å². The molecule has 0 bridgehead atoms. The number of thioether (sulfide) groups is 1. The van der Waals surface area contributed by atoms with Crippen LogP contribution in [-0.2, 0) is 4.79 Å². The van der Waals surface area contributed by atoms with Gasteiger partial charge in [0.15, 0.2) is 11.5 Å². The Labute approximate surface area is 134 Å². The molecule has 0 atom stereocenters. The van der Waals surface area contributed by atoms with Crippen LogP contribution >= 0.6 is 27.7 Å². The van der Waals surface area contributed by atoms with Crippen LogP contribution < -0.4 is 4.74 Å². The van der Waals surface area contributed by atoms with E-state index in [1.165, 1.54) is 13.2 Å². The van der Waals surface area contributed by atoms with E-state index in [9.17, 15) is 14.7 Å². The number of phenols is 1. The molecule has 21 heavy (non-hydrogen) atoms. The maximum Gasteiger partial charge on any atom is 0.294 e. The molecule has 1 saturated heterocycles. The largest absolute Gasteiger partial charge is 0.504 e. The molecule has 1 aromatic carbocycles. The third-order valence-corrected chi connectivity index (χ3v) is 4.06. The number of benzene rings is 1. The second-order valence-corrected chi connectivity index (χ2v) is 5.93. The van der Waals surface area contributed by atoms with Gasteiger partial charge in [-0.2, -0.15) is 0 Å². The fraction of sp³-hybridized carbons (Fsp3) is 0.143. The van der Waals surface area contributed by atoms with E-state index in [-0.39, 0.29) is 22.9 Å². The lowest BCUT2D eigenvalue weighted by molar-refractivity contribution is -0.122. The SMILES string of the molecule is C#CCN1C(=O)SC(=Cc2cc(Br)cc(OC)c2O)C1=O. The molecule has 2 rings (SSSR count). The molecule has 7 heteroatoms. The maximum absolute atomic E-state index is 12.1. The van der Waals surface area contributed by atoms with Gasteiger partial charge < -0.3 is 9.84 Å². The fourth-order valence-electron chi connectivity index (χ4n) is 1.73. The van der Waals surface area contributed by atoms with Gasteiger partial charge in [0, 0.05) is 10.0 Å². The standard InChI is InChI=1S/C14H10BrNO4S/c1-3-4-16-13(18)11(21-14(16)19)6-8-5-9(15)7-10(20-2)12(8)17/h1,5-7,17H,4H2,2H3. The van der Waals surface area contributed by atoms with Crippen molar-refractivity contribution in [2.24, 2.45) is 0 Å². The number of phenolic OH excluding ortho intramolecular Hbond substituents is 1. The molecule has 2 amide bonds. The van der Waals surface area contributed by atoms with Crippen LogP contribution in [0.3, 0.4) is 0 Å². The predicted octanol–water partition coefficient (Wildman–Crippen LogP) is 2.83. The van der Waals surface area contributed by atoms with Gasteiger partial charge in [0.2, 0.25) is 0 Å². The van der Waals surface area contributed by atoms with Crippen molar-refractivity contribution in [1.82, 2.24) is 4.90 Å². The van der Waals surface area contributed by atoms with Gasteiger partial charge in [0.25, 0.3) is 11.1 Å². The predicted molar refractivity (Wildman–Crippen MR) is 83.9 cm³/mol. The van der Waals surface area contributed by atoms with Gasteiger partial charge in [0.1, 0.15) is 0 Å². The first-order chi connectivity index (χ1) is 9.97. The molecule has 0 saturated carbocycles. The molecular weight excluding hydrogens is 358 g/mol. The van der Waals surface area contributed by atoms with E-state index in [1.54, 1.807) is 12.1 Å². The minimum Gasteiger partial charge on any atom is -0.504 e. The highest BCUT2D eigenvalue weighted by molar-refractivity contribution is 9.10. The van der Waals surface area contributed by atoms with E-state index < -0.39 is 11.1 Å². The number of nitrogens with zero attached hydrogens (tertiary/aromatic N) is 1. The number of amides is 2. The molecule has 0 radical (unpaired) electrons. The second kappa shape index (κ2) is 6.24. The highest BCUT2D eigenvalue weighted by atomic mass is 79.9. The van der Waals surface area contributed by atoms with Crippen molar-refractivity contribution in [2.75, 3.05) is 13.7 Å². The highest BCUT2D eigenvalue weighted by Crippen LogP contribution is 2.38. The summed E-state index contributed by atoms with van der Waals surface area (Å²) in [6.45, 7) is -0.0736. The molecule has 1 aliphatic heterocycles. The Morgan fingerprint density at radius 3 is 2.86 bits per heavy atom. The lowest BCUT2D eigenvalue weighted by atomic mass is 10.1. The van der Waals surface area contributed by atoms with E-state index >= 15 is 0 Å². The monoisotopic (exact) mass is 367 g/mol. The first-order valence-electron chi connectivity index (χ1n) is 5.73. The van der Waals surface area contributed by atoms with Crippen LogP contribution in [0.2, 0.25) is 0 Å². The first-order valence-corrected chi connectivity index (χ1v) is 7.34. The summed E-state index contributed by atoms with van der Waals surface area (Å²) in [4.78, 5) is 24.9. The number of rotatable bonds is 3. The smallest absolute Gasteiger partial charge is 0.294 e. The Kier molecular flexibility index (Phi) is 4.60. The molecule has 0 aliphatic carbocycles. The maximum atomic E-state index is 12.1. The molecule has 1 N–H and O–H groups in total. The molecule has 1 fully saturated rings. The Morgan fingerprint density at radius 1 is 1.52 bits per heavy atom. The number of carbonyl (C=O) groups is 2. The summed E-state index contributed by atoms with van der Waals surface area (Å²) in [5, 5.41) is 9.63. The molecule has 1 aliphatic rings. The number of imide groups is 1. The minimum atomic E-state index is -0.471. The summed E-state index contributed by atoms with van der Waals surface area (Å²) in [5.74, 6) is 1.94. The number of hydrogen-bond acceptors (Lipinski definition) is 5. The molecular formula is C14H10BrNO4S. The number of ether oxygens (including phenoxy) is 1. The average molecular weight is 368 g/mol. The van der Waals surface area contributed by atoms with Gasteiger partial charge in [-0.25, -0.2) is 0 Å². The third-order valence-electron chi connectivity index (χ3n) is 2.70. The van der Waals surface area contributed by atoms with E-state index in [0.717, 1.165) is 16.7 Å². The van der Waals surface area contributed by atoms with Crippen molar-refractivity contribution in [3.63, 3.8) is 0 Å². The molecule has 5 nitrogen and oxygen atoms in total. The highest BCUT2D eigenvalue weighted by Gasteiger charge is 2.34. The van der Waals surface area contributed by atoms with E-state index in [1.807, 2.05) is 0 Å². The van der Waals surface area contributed by atoms with Gasteiger partial charge in [-0.15, -0.1) is 6.42 Å². The van der Waals surface area contributed by atoms with Crippen LogP contribution in [0.25, 0.3) is 6.08 Å². The Hall–Kier alpha value is -1.91. The number of halogens is 1. The Bertz CT molecular complexity index is 693. The lowest BCUT2D eigenvalue weighted by Crippen LogP contribution is -2.28. The van der Waals surface area contributed by atoms with Crippen LogP contribution in [-0.4, -0.2) is 34.8 Å². The van der Waals surface area contributed by atoms with Gasteiger partial charge in [-0.1, -0.05) is 21.9 Å². The second-order valence-electron chi connectivity index (χ2n) is 4.02. The minimum absolute atomic E-state index is 0.0736. The normalized spacial score (nSPS) is 16.4. The Morgan fingerprint density at radius 2 is 2.24 bits per heavy atom. The van der Waals surface area contributed by atoms with E-state index in [2.05, 4.69) is 21.9 Å². The summed E-state index contributed by atoms with van der Waals surface area (Å²) in [5.41, 5.74) is 0.368. The summed E-state index contributed by atoms with van der Waals surface area (Å²) in [6, 6.07) is 3.21. The van der Waals surface area contributed by atoms with Crippen molar-refractivity contribution >= 4 is 44.9 Å². The van der Waals surface area contributed by atoms with Crippen molar-refractivity contribution < 1.29 is 19.4 Å². The van der Waals surface area contributed by atoms with Gasteiger partial charge in [0.05, 0.1) is 18.6 Å². The van der Waals surface area contributed by atoms with Crippen molar-refractivity contribution in [2.45, 2.75) is 0 Å². The average Bonchev–Trinajstić information content (AvgIpc) is 2.70. The van der Waals surface area contributed by atoms with Crippen LogP contribution in [0.5, 0.6) is 11.5 Å². The van der Waals surface area contributed by atoms with Crippen molar-refractivity contribution in [3.8, 4) is 23.8 Å². The summed E-state index contributed by atoms with van der Waals surface area (Å²) >= 11 is 4.07. The number of aromatic hydroxyl groups is 1. The van der Waals surface area contributed by atoms with Gasteiger partial charge >= 0.3 is 0 Å². The number of hydrogen-bond donors (Lipinski definition) is 1. The van der Waals surface area contributed by atoms with Crippen molar-refractivity contribution in [1.29, 1.82) is 0 Å². The third kappa shape index (κ3) is 3.06. The topological polar surface area (TPSA) is 66.8 Å². The zero-order valence-electron chi connectivity index (χ0n) is 10.9. The molecule has 0 spiro atoms. The molecule has 1 aromatic rings. The van der Waals surface area contributed by atoms with E-state index in [4.69, 9.17) is 11.2 Å². The molecule has 108 valence electrons. The first kappa shape index (κ1) is 15.5. The van der Waals surface area contributed by atoms with Crippen molar-refractivity contribution in [3.05, 3.63) is 27.1 Å². The zero-order valence-corrected chi connectivity index (χ0v) is 13.3. The molecule has 0 unspecified atom stereocenters. The Balaban J connectivity index is 2.42. The fourth-order valence-corrected chi connectivity index (χ4v) is 3.01. The van der Waals surface area contributed by atoms with Gasteiger partial charge in [-0.05, 0) is 30.0 Å². The lowest BCUT2D eigenvalue weighted by Gasteiger charge is -2.08. The number of methoxy groups -OCH3 is 1. The van der Waals surface area contributed by atoms with Crippen LogP contribution in [0, 0.1) is 12.3 Å². The van der Waals surface area contributed by atoms with Crippen LogP contribution in [0.4, 0.5) is 4.79 Å². The summed E-state index contributed by atoms with van der Waals surface area (Å²) in [6.07, 6.45) is 6.56. The molecule has 1 heterocycles. The zero-order chi connectivity index (χ0) is 15.6. The number of carbonyl (C=O) groups excluding carboxylic acids is 2. The quantitative estimate of drug-likeness (QED) is 0.657. The molecule has 0 aromatic heterocycles. The summed E-state index contributed by atoms with van der Waals surface area (Å²) < 4.78 is 5.71. The van der Waals surface area contributed by atoms with E-state index in [0.29, 0.717) is 10.0 Å². The summed E-state index contributed by atoms with van der Waals surface area (Å²) in [7, 11) is 1.42. The van der Waals surface area contributed by atoms with Crippen LogP contribution in [0.1, 0.15) is 5.56 Å². The van der Waals surface area contributed by atoms with Gasteiger partial charge in [-0.3, -0.25) is 14.5 Å².